The predicted molar refractivity (Wildman–Crippen MR) is 81.3 cm³/mol. The third kappa shape index (κ3) is 3.23. The minimum atomic E-state index is 0.417. The first-order valence-electron chi connectivity index (χ1n) is 7.62. The minimum Gasteiger partial charge on any atom is -0.394 e. The molecule has 4 heteroatoms. The summed E-state index contributed by atoms with van der Waals surface area (Å²) in [5.41, 5.74) is 8.31. The van der Waals surface area contributed by atoms with Crippen LogP contribution in [-0.2, 0) is 6.54 Å². The van der Waals surface area contributed by atoms with Gasteiger partial charge in [-0.2, -0.15) is 5.10 Å². The van der Waals surface area contributed by atoms with Gasteiger partial charge in [-0.3, -0.25) is 0 Å². The highest BCUT2D eigenvalue weighted by molar-refractivity contribution is 5.64. The van der Waals surface area contributed by atoms with Crippen LogP contribution in [0.15, 0.2) is 0 Å². The van der Waals surface area contributed by atoms with E-state index in [-0.39, 0.29) is 0 Å². The van der Waals surface area contributed by atoms with Gasteiger partial charge in [0, 0.05) is 13.1 Å². The molecule has 0 radical (unpaired) electrons. The minimum absolute atomic E-state index is 0.417. The van der Waals surface area contributed by atoms with Crippen LogP contribution in [0.25, 0.3) is 0 Å². The Morgan fingerprint density at radius 1 is 1.32 bits per heavy atom. The Balaban J connectivity index is 2.05. The quantitative estimate of drug-likeness (QED) is 0.855. The highest BCUT2D eigenvalue weighted by atomic mass is 15.3. The molecule has 0 amide bonds. The number of aromatic nitrogens is 2. The van der Waals surface area contributed by atoms with Crippen LogP contribution in [0, 0.1) is 12.3 Å². The summed E-state index contributed by atoms with van der Waals surface area (Å²) in [5, 5.41) is 8.09. The first kappa shape index (κ1) is 14.2. The molecule has 1 heterocycles. The standard InChI is InChI=1S/C15H28N4/c1-4-10-19-14(13(16)12(2)18-19)17-11-15(3)8-6-5-7-9-15/h17H,4-11,16H2,1-3H3. The van der Waals surface area contributed by atoms with Crippen molar-refractivity contribution >= 4 is 11.5 Å². The first-order valence-corrected chi connectivity index (χ1v) is 7.62. The normalized spacial score (nSPS) is 18.5. The molecule has 1 aromatic heterocycles. The van der Waals surface area contributed by atoms with Gasteiger partial charge in [0.15, 0.2) is 0 Å². The molecule has 0 saturated heterocycles. The van der Waals surface area contributed by atoms with Gasteiger partial charge in [0.05, 0.1) is 11.4 Å². The summed E-state index contributed by atoms with van der Waals surface area (Å²) in [6, 6.07) is 0. The summed E-state index contributed by atoms with van der Waals surface area (Å²) in [6.07, 6.45) is 7.83. The van der Waals surface area contributed by atoms with E-state index in [0.29, 0.717) is 5.41 Å². The Hall–Kier alpha value is -1.19. The van der Waals surface area contributed by atoms with Crippen molar-refractivity contribution in [3.05, 3.63) is 5.69 Å². The molecule has 19 heavy (non-hydrogen) atoms. The number of nitrogens with zero attached hydrogens (tertiary/aromatic N) is 2. The number of anilines is 2. The number of aryl methyl sites for hydroxylation is 2. The zero-order valence-corrected chi connectivity index (χ0v) is 12.6. The molecule has 0 aromatic carbocycles. The van der Waals surface area contributed by atoms with Crippen molar-refractivity contribution in [1.29, 1.82) is 0 Å². The van der Waals surface area contributed by atoms with E-state index in [1.165, 1.54) is 32.1 Å². The predicted octanol–water partition coefficient (Wildman–Crippen LogP) is 3.57. The van der Waals surface area contributed by atoms with E-state index < -0.39 is 0 Å². The monoisotopic (exact) mass is 264 g/mol. The maximum Gasteiger partial charge on any atom is 0.148 e. The molecule has 1 aliphatic rings. The van der Waals surface area contributed by atoms with Crippen molar-refractivity contribution < 1.29 is 0 Å². The van der Waals surface area contributed by atoms with Crippen molar-refractivity contribution in [2.24, 2.45) is 5.41 Å². The molecule has 4 nitrogen and oxygen atoms in total. The van der Waals surface area contributed by atoms with Gasteiger partial charge in [0.25, 0.3) is 0 Å². The summed E-state index contributed by atoms with van der Waals surface area (Å²) >= 11 is 0. The summed E-state index contributed by atoms with van der Waals surface area (Å²) in [4.78, 5) is 0. The van der Waals surface area contributed by atoms with Gasteiger partial charge < -0.3 is 11.1 Å². The SMILES string of the molecule is CCCn1nc(C)c(N)c1NCC1(C)CCCCC1. The smallest absolute Gasteiger partial charge is 0.148 e. The molecule has 108 valence electrons. The fraction of sp³-hybridized carbons (Fsp3) is 0.800. The van der Waals surface area contributed by atoms with Gasteiger partial charge >= 0.3 is 0 Å². The second-order valence-corrected chi connectivity index (χ2v) is 6.30. The van der Waals surface area contributed by atoms with Gasteiger partial charge in [-0.15, -0.1) is 0 Å². The highest BCUT2D eigenvalue weighted by Gasteiger charge is 2.27. The number of rotatable bonds is 5. The van der Waals surface area contributed by atoms with Gasteiger partial charge in [0.1, 0.15) is 5.82 Å². The van der Waals surface area contributed by atoms with Crippen LogP contribution >= 0.6 is 0 Å². The average molecular weight is 264 g/mol. The van der Waals surface area contributed by atoms with Crippen LogP contribution in [0.3, 0.4) is 0 Å². The number of hydrogen-bond acceptors (Lipinski definition) is 3. The lowest BCUT2D eigenvalue weighted by molar-refractivity contribution is 0.233. The maximum atomic E-state index is 6.15. The summed E-state index contributed by atoms with van der Waals surface area (Å²) < 4.78 is 2.02. The van der Waals surface area contributed by atoms with Gasteiger partial charge in [-0.1, -0.05) is 33.1 Å². The topological polar surface area (TPSA) is 55.9 Å². The molecule has 2 rings (SSSR count). The van der Waals surface area contributed by atoms with E-state index in [4.69, 9.17) is 5.73 Å². The molecule has 3 N–H and O–H groups in total. The Morgan fingerprint density at radius 3 is 2.63 bits per heavy atom. The zero-order chi connectivity index (χ0) is 13.9. The fourth-order valence-corrected chi connectivity index (χ4v) is 3.03. The first-order chi connectivity index (χ1) is 9.06. The van der Waals surface area contributed by atoms with Crippen molar-refractivity contribution in [1.82, 2.24) is 9.78 Å². The Morgan fingerprint density at radius 2 is 2.00 bits per heavy atom. The molecule has 1 aromatic rings. The average Bonchev–Trinajstić information content (AvgIpc) is 2.64. The van der Waals surface area contributed by atoms with E-state index in [0.717, 1.165) is 36.7 Å². The summed E-state index contributed by atoms with van der Waals surface area (Å²) in [7, 11) is 0. The molecular formula is C15H28N4. The van der Waals surface area contributed by atoms with Crippen molar-refractivity contribution in [2.45, 2.75) is 65.8 Å². The van der Waals surface area contributed by atoms with Gasteiger partial charge in [-0.25, -0.2) is 4.68 Å². The van der Waals surface area contributed by atoms with Crippen LogP contribution in [0.1, 0.15) is 58.1 Å². The lowest BCUT2D eigenvalue weighted by Crippen LogP contribution is -2.29. The van der Waals surface area contributed by atoms with Crippen LogP contribution in [0.4, 0.5) is 11.5 Å². The lowest BCUT2D eigenvalue weighted by atomic mass is 9.76. The zero-order valence-electron chi connectivity index (χ0n) is 12.6. The molecule has 1 fully saturated rings. The molecule has 0 aliphatic heterocycles. The number of nitrogen functional groups attached to an aromatic ring is 1. The Kier molecular flexibility index (Phi) is 4.38. The molecule has 0 spiro atoms. The molecule has 0 bridgehead atoms. The second kappa shape index (κ2) is 5.85. The molecule has 0 unspecified atom stereocenters. The van der Waals surface area contributed by atoms with E-state index in [1.807, 2.05) is 11.6 Å². The van der Waals surface area contributed by atoms with Crippen molar-refractivity contribution in [3.63, 3.8) is 0 Å². The Labute approximate surface area is 116 Å². The summed E-state index contributed by atoms with van der Waals surface area (Å²) in [5.74, 6) is 1.02. The van der Waals surface area contributed by atoms with Crippen molar-refractivity contribution in [3.8, 4) is 0 Å². The third-order valence-corrected chi connectivity index (χ3v) is 4.35. The van der Waals surface area contributed by atoms with E-state index in [1.54, 1.807) is 0 Å². The van der Waals surface area contributed by atoms with Crippen LogP contribution in [0.5, 0.6) is 0 Å². The second-order valence-electron chi connectivity index (χ2n) is 6.30. The summed E-state index contributed by atoms with van der Waals surface area (Å²) in [6.45, 7) is 8.47. The van der Waals surface area contributed by atoms with E-state index >= 15 is 0 Å². The van der Waals surface area contributed by atoms with E-state index in [9.17, 15) is 0 Å². The molecular weight excluding hydrogens is 236 g/mol. The molecule has 0 atom stereocenters. The van der Waals surface area contributed by atoms with Crippen LogP contribution in [0.2, 0.25) is 0 Å². The number of hydrogen-bond donors (Lipinski definition) is 2. The molecule has 1 aliphatic carbocycles. The number of nitrogens with one attached hydrogen (secondary N) is 1. The van der Waals surface area contributed by atoms with Crippen LogP contribution < -0.4 is 11.1 Å². The van der Waals surface area contributed by atoms with Crippen LogP contribution in [-0.4, -0.2) is 16.3 Å². The Bertz CT molecular complexity index is 416. The fourth-order valence-electron chi connectivity index (χ4n) is 3.03. The van der Waals surface area contributed by atoms with Gasteiger partial charge in [-0.05, 0) is 31.6 Å². The number of nitrogens with two attached hydrogens (primary N) is 1. The largest absolute Gasteiger partial charge is 0.394 e. The maximum absolute atomic E-state index is 6.15. The molecule has 1 saturated carbocycles. The third-order valence-electron chi connectivity index (χ3n) is 4.35. The van der Waals surface area contributed by atoms with Gasteiger partial charge in [0.2, 0.25) is 0 Å². The highest BCUT2D eigenvalue weighted by Crippen LogP contribution is 2.36. The van der Waals surface area contributed by atoms with Crippen molar-refractivity contribution in [2.75, 3.05) is 17.6 Å². The van der Waals surface area contributed by atoms with E-state index in [2.05, 4.69) is 24.3 Å². The lowest BCUT2D eigenvalue weighted by Gasteiger charge is -2.34.